The first-order valence-electron chi connectivity index (χ1n) is 8.12. The largest absolute Gasteiger partial charge is 0.497 e. The number of rotatable bonds is 5. The summed E-state index contributed by atoms with van der Waals surface area (Å²) < 4.78 is 10.5. The Morgan fingerprint density at radius 1 is 0.846 bits per heavy atom. The zero-order valence-corrected chi connectivity index (χ0v) is 14.3. The van der Waals surface area contributed by atoms with Crippen molar-refractivity contribution >= 4 is 5.97 Å². The Morgan fingerprint density at radius 3 is 1.92 bits per heavy atom. The molecule has 0 aliphatic heterocycles. The van der Waals surface area contributed by atoms with Crippen molar-refractivity contribution in [2.75, 3.05) is 7.11 Å². The lowest BCUT2D eigenvalue weighted by atomic mass is 10.0. The van der Waals surface area contributed by atoms with Gasteiger partial charge < -0.3 is 9.47 Å². The maximum atomic E-state index is 12.1. The van der Waals surface area contributed by atoms with Gasteiger partial charge in [-0.05, 0) is 53.1 Å². The van der Waals surface area contributed by atoms with E-state index in [1.54, 1.807) is 31.4 Å². The Morgan fingerprint density at radius 2 is 1.38 bits per heavy atom. The minimum absolute atomic E-state index is 0.196. The van der Waals surface area contributed by atoms with Crippen LogP contribution in [0, 0.1) is 11.3 Å². The fourth-order valence-corrected chi connectivity index (χ4v) is 2.53. The van der Waals surface area contributed by atoms with E-state index in [0.717, 1.165) is 22.4 Å². The second-order valence-electron chi connectivity index (χ2n) is 5.71. The van der Waals surface area contributed by atoms with E-state index in [2.05, 4.69) is 6.07 Å². The van der Waals surface area contributed by atoms with Crippen molar-refractivity contribution in [2.45, 2.75) is 6.42 Å². The molecule has 0 bridgehead atoms. The van der Waals surface area contributed by atoms with Crippen molar-refractivity contribution in [3.63, 3.8) is 0 Å². The van der Waals surface area contributed by atoms with Gasteiger partial charge in [0, 0.05) is 0 Å². The second kappa shape index (κ2) is 8.00. The molecule has 128 valence electrons. The summed E-state index contributed by atoms with van der Waals surface area (Å²) in [6.07, 6.45) is 0.196. The molecule has 26 heavy (non-hydrogen) atoms. The van der Waals surface area contributed by atoms with E-state index < -0.39 is 0 Å². The summed E-state index contributed by atoms with van der Waals surface area (Å²) >= 11 is 0. The van der Waals surface area contributed by atoms with Gasteiger partial charge in [-0.3, -0.25) is 4.79 Å². The average Bonchev–Trinajstić information content (AvgIpc) is 2.69. The first-order chi connectivity index (χ1) is 12.7. The molecular weight excluding hydrogens is 326 g/mol. The van der Waals surface area contributed by atoms with Gasteiger partial charge in [0.25, 0.3) is 0 Å². The number of carbonyl (C=O) groups is 1. The molecule has 3 rings (SSSR count). The molecule has 0 aliphatic rings. The Hall–Kier alpha value is -3.58. The van der Waals surface area contributed by atoms with E-state index in [1.165, 1.54) is 0 Å². The summed E-state index contributed by atoms with van der Waals surface area (Å²) in [6, 6.07) is 24.0. The predicted molar refractivity (Wildman–Crippen MR) is 98.9 cm³/mol. The average molecular weight is 343 g/mol. The zero-order chi connectivity index (χ0) is 18.4. The molecule has 0 spiro atoms. The summed E-state index contributed by atoms with van der Waals surface area (Å²) in [5.41, 5.74) is 3.48. The lowest BCUT2D eigenvalue weighted by molar-refractivity contribution is -0.133. The number of esters is 1. The fraction of sp³-hybridized carbons (Fsp3) is 0.0909. The van der Waals surface area contributed by atoms with E-state index in [9.17, 15) is 4.79 Å². The minimum atomic E-state index is -0.318. The monoisotopic (exact) mass is 343 g/mol. The van der Waals surface area contributed by atoms with E-state index >= 15 is 0 Å². The summed E-state index contributed by atoms with van der Waals surface area (Å²) in [6.45, 7) is 0. The molecule has 3 aromatic carbocycles. The van der Waals surface area contributed by atoms with Gasteiger partial charge >= 0.3 is 5.97 Å². The van der Waals surface area contributed by atoms with Gasteiger partial charge in [-0.1, -0.05) is 36.4 Å². The van der Waals surface area contributed by atoms with Crippen LogP contribution in [0.2, 0.25) is 0 Å². The van der Waals surface area contributed by atoms with Gasteiger partial charge in [-0.15, -0.1) is 0 Å². The van der Waals surface area contributed by atoms with Crippen LogP contribution in [0.15, 0.2) is 72.8 Å². The molecule has 4 nitrogen and oxygen atoms in total. The van der Waals surface area contributed by atoms with Crippen molar-refractivity contribution < 1.29 is 14.3 Å². The van der Waals surface area contributed by atoms with Gasteiger partial charge in [0.05, 0.1) is 25.2 Å². The summed E-state index contributed by atoms with van der Waals surface area (Å²) in [5.74, 6) is 0.933. The maximum Gasteiger partial charge on any atom is 0.315 e. The summed E-state index contributed by atoms with van der Waals surface area (Å²) in [5, 5.41) is 8.85. The maximum absolute atomic E-state index is 12.1. The van der Waals surface area contributed by atoms with Gasteiger partial charge in [-0.25, -0.2) is 0 Å². The molecule has 4 heteroatoms. The standard InChI is InChI=1S/C22H17NO3/c1-25-20-10-4-16(5-11-20)14-22(24)26-21-12-8-19(9-13-21)18-6-2-17(15-23)3-7-18/h2-13H,14H2,1H3. The van der Waals surface area contributed by atoms with Crippen molar-refractivity contribution in [1.29, 1.82) is 5.26 Å². The molecule has 0 fully saturated rings. The van der Waals surface area contributed by atoms with Crippen LogP contribution in [0.25, 0.3) is 11.1 Å². The van der Waals surface area contributed by atoms with Crippen LogP contribution in [0.1, 0.15) is 11.1 Å². The molecule has 0 atom stereocenters. The van der Waals surface area contributed by atoms with Crippen LogP contribution in [0.4, 0.5) is 0 Å². The number of ether oxygens (including phenoxy) is 2. The molecule has 0 heterocycles. The van der Waals surface area contributed by atoms with Gasteiger partial charge in [-0.2, -0.15) is 5.26 Å². The molecule has 0 aromatic heterocycles. The predicted octanol–water partition coefficient (Wildman–Crippen LogP) is 4.38. The lowest BCUT2D eigenvalue weighted by Crippen LogP contribution is -2.11. The molecule has 0 N–H and O–H groups in total. The van der Waals surface area contributed by atoms with Crippen LogP contribution in [-0.4, -0.2) is 13.1 Å². The number of methoxy groups -OCH3 is 1. The van der Waals surface area contributed by atoms with E-state index in [4.69, 9.17) is 14.7 Å². The minimum Gasteiger partial charge on any atom is -0.497 e. The smallest absolute Gasteiger partial charge is 0.315 e. The Labute approximate surface area is 152 Å². The van der Waals surface area contributed by atoms with Crippen molar-refractivity contribution in [1.82, 2.24) is 0 Å². The molecule has 3 aromatic rings. The van der Waals surface area contributed by atoms with Crippen LogP contribution >= 0.6 is 0 Å². The molecule has 0 unspecified atom stereocenters. The van der Waals surface area contributed by atoms with Crippen LogP contribution in [-0.2, 0) is 11.2 Å². The molecule has 0 aliphatic carbocycles. The first kappa shape index (κ1) is 17.2. The SMILES string of the molecule is COc1ccc(CC(=O)Oc2ccc(-c3ccc(C#N)cc3)cc2)cc1. The van der Waals surface area contributed by atoms with Gasteiger partial charge in [0.15, 0.2) is 0 Å². The number of benzene rings is 3. The summed E-state index contributed by atoms with van der Waals surface area (Å²) in [4.78, 5) is 12.1. The first-order valence-corrected chi connectivity index (χ1v) is 8.12. The Balaban J connectivity index is 1.62. The Bertz CT molecular complexity index is 921. The molecule has 0 amide bonds. The van der Waals surface area contributed by atoms with Gasteiger partial charge in [0.1, 0.15) is 11.5 Å². The highest BCUT2D eigenvalue weighted by Crippen LogP contribution is 2.23. The van der Waals surface area contributed by atoms with E-state index in [0.29, 0.717) is 11.3 Å². The molecular formula is C22H17NO3. The van der Waals surface area contributed by atoms with Crippen molar-refractivity contribution in [2.24, 2.45) is 0 Å². The lowest BCUT2D eigenvalue weighted by Gasteiger charge is -2.07. The Kier molecular flexibility index (Phi) is 5.31. The number of carbonyl (C=O) groups excluding carboxylic acids is 1. The third-order valence-electron chi connectivity index (χ3n) is 3.94. The fourth-order valence-electron chi connectivity index (χ4n) is 2.53. The zero-order valence-electron chi connectivity index (χ0n) is 14.3. The molecule has 0 saturated carbocycles. The highest BCUT2D eigenvalue weighted by atomic mass is 16.5. The van der Waals surface area contributed by atoms with Gasteiger partial charge in [0.2, 0.25) is 0 Å². The van der Waals surface area contributed by atoms with Crippen LogP contribution < -0.4 is 9.47 Å². The highest BCUT2D eigenvalue weighted by Gasteiger charge is 2.07. The number of hydrogen-bond acceptors (Lipinski definition) is 4. The number of nitriles is 1. The normalized spacial score (nSPS) is 10.0. The highest BCUT2D eigenvalue weighted by molar-refractivity contribution is 5.75. The second-order valence-corrected chi connectivity index (χ2v) is 5.71. The number of nitrogens with zero attached hydrogens (tertiary/aromatic N) is 1. The molecule has 0 radical (unpaired) electrons. The topological polar surface area (TPSA) is 59.3 Å². The quantitative estimate of drug-likeness (QED) is 0.509. The van der Waals surface area contributed by atoms with Crippen LogP contribution in [0.5, 0.6) is 11.5 Å². The third-order valence-corrected chi connectivity index (χ3v) is 3.94. The van der Waals surface area contributed by atoms with Crippen molar-refractivity contribution in [3.05, 3.63) is 83.9 Å². The number of hydrogen-bond donors (Lipinski definition) is 0. The van der Waals surface area contributed by atoms with Crippen LogP contribution in [0.3, 0.4) is 0 Å². The molecule has 0 saturated heterocycles. The summed E-state index contributed by atoms with van der Waals surface area (Å²) in [7, 11) is 1.60. The van der Waals surface area contributed by atoms with E-state index in [1.807, 2.05) is 48.5 Å². The third kappa shape index (κ3) is 4.28. The van der Waals surface area contributed by atoms with Crippen molar-refractivity contribution in [3.8, 4) is 28.7 Å². The van der Waals surface area contributed by atoms with E-state index in [-0.39, 0.29) is 12.4 Å².